The van der Waals surface area contributed by atoms with E-state index in [1.54, 1.807) is 13.1 Å². The van der Waals surface area contributed by atoms with Crippen LogP contribution in [0.1, 0.15) is 45.1 Å². The fourth-order valence-electron chi connectivity index (χ4n) is 5.89. The molecule has 3 aliphatic rings. The monoisotopic (exact) mass is 480 g/mol. The van der Waals surface area contributed by atoms with Crippen LogP contribution in [0.3, 0.4) is 0 Å². The number of hydrogen-bond donors (Lipinski definition) is 2. The van der Waals surface area contributed by atoms with Crippen LogP contribution in [0.15, 0.2) is 24.3 Å². The second-order valence-corrected chi connectivity index (χ2v) is 10.9. The lowest BCUT2D eigenvalue weighted by Crippen LogP contribution is -2.54. The van der Waals surface area contributed by atoms with Gasteiger partial charge in [0.15, 0.2) is 0 Å². The third kappa shape index (κ3) is 4.73. The number of halogens is 1. The quantitative estimate of drug-likeness (QED) is 0.633. The van der Waals surface area contributed by atoms with E-state index < -0.39 is 0 Å². The molecule has 1 amide bonds. The summed E-state index contributed by atoms with van der Waals surface area (Å²) in [5, 5.41) is 6.20. The zero-order valence-corrected chi connectivity index (χ0v) is 21.1. The fourth-order valence-corrected chi connectivity index (χ4v) is 5.89. The fraction of sp³-hybridized carbons (Fsp3) is 0.593. The van der Waals surface area contributed by atoms with Gasteiger partial charge in [0.05, 0.1) is 5.69 Å². The minimum atomic E-state index is -0.262. The molecule has 2 saturated heterocycles. The molecule has 2 N–H and O–H groups in total. The maximum Gasteiger partial charge on any atom is 0.227 e. The first-order chi connectivity index (χ1) is 16.9. The first kappa shape index (κ1) is 24.0. The van der Waals surface area contributed by atoms with Gasteiger partial charge in [-0.25, -0.2) is 9.37 Å². The summed E-state index contributed by atoms with van der Waals surface area (Å²) < 4.78 is 15.0. The van der Waals surface area contributed by atoms with E-state index in [0.29, 0.717) is 35.0 Å². The highest BCUT2D eigenvalue weighted by Crippen LogP contribution is 2.40. The van der Waals surface area contributed by atoms with Gasteiger partial charge in [0.1, 0.15) is 11.6 Å². The number of benzene rings is 1. The predicted octanol–water partition coefficient (Wildman–Crippen LogP) is 3.39. The number of hydrogen-bond acceptors (Lipinski definition) is 6. The highest BCUT2D eigenvalue weighted by molar-refractivity contribution is 5.77. The molecule has 35 heavy (non-hydrogen) atoms. The lowest BCUT2D eigenvalue weighted by molar-refractivity contribution is -0.121. The molecule has 3 aliphatic heterocycles. The van der Waals surface area contributed by atoms with Crippen LogP contribution in [0.5, 0.6) is 0 Å². The predicted molar refractivity (Wildman–Crippen MR) is 137 cm³/mol. The van der Waals surface area contributed by atoms with Crippen LogP contribution in [-0.4, -0.2) is 61.7 Å². The van der Waals surface area contributed by atoms with Gasteiger partial charge in [0.2, 0.25) is 11.9 Å². The molecule has 2 fully saturated rings. The summed E-state index contributed by atoms with van der Waals surface area (Å²) in [6.45, 7) is 9.10. The Bertz CT molecular complexity index is 1090. The third-order valence-corrected chi connectivity index (χ3v) is 7.81. The van der Waals surface area contributed by atoms with Crippen molar-refractivity contribution in [1.82, 2.24) is 20.6 Å². The zero-order valence-electron chi connectivity index (χ0n) is 21.1. The molecule has 0 aliphatic carbocycles. The average Bonchev–Trinajstić information content (AvgIpc) is 3.29. The Kier molecular flexibility index (Phi) is 6.66. The number of anilines is 2. The second-order valence-electron chi connectivity index (χ2n) is 10.9. The van der Waals surface area contributed by atoms with E-state index in [0.717, 1.165) is 69.8 Å². The van der Waals surface area contributed by atoms with E-state index >= 15 is 4.39 Å². The van der Waals surface area contributed by atoms with Crippen LogP contribution in [0.4, 0.5) is 16.2 Å². The number of aromatic nitrogens is 2. The van der Waals surface area contributed by atoms with Gasteiger partial charge in [0.25, 0.3) is 0 Å². The van der Waals surface area contributed by atoms with E-state index in [9.17, 15) is 4.79 Å². The summed E-state index contributed by atoms with van der Waals surface area (Å²) in [7, 11) is 1.69. The number of rotatable bonds is 7. The summed E-state index contributed by atoms with van der Waals surface area (Å²) in [4.78, 5) is 27.2. The Morgan fingerprint density at radius 1 is 1.23 bits per heavy atom. The molecule has 0 bridgehead atoms. The Morgan fingerprint density at radius 3 is 2.69 bits per heavy atom. The van der Waals surface area contributed by atoms with E-state index in [1.165, 1.54) is 6.07 Å². The molecule has 1 aromatic carbocycles. The molecule has 1 atom stereocenters. The molecule has 1 aromatic heterocycles. The Morgan fingerprint density at radius 2 is 2.03 bits per heavy atom. The number of nitrogens with one attached hydrogen (secondary N) is 2. The summed E-state index contributed by atoms with van der Waals surface area (Å²) in [6, 6.07) is 6.94. The Labute approximate surface area is 207 Å². The first-order valence-electron chi connectivity index (χ1n) is 13.0. The van der Waals surface area contributed by atoms with Gasteiger partial charge in [0, 0.05) is 68.8 Å². The summed E-state index contributed by atoms with van der Waals surface area (Å²) in [5.41, 5.74) is 2.52. The van der Waals surface area contributed by atoms with Crippen molar-refractivity contribution in [3.05, 3.63) is 35.6 Å². The van der Waals surface area contributed by atoms with Crippen molar-refractivity contribution in [2.75, 3.05) is 49.6 Å². The van der Waals surface area contributed by atoms with Gasteiger partial charge in [-0.2, -0.15) is 4.98 Å². The molecule has 0 unspecified atom stereocenters. The standard InChI is InChI=1S/C27H37FN6O/c1-18(2)13-19(14-23(35)29-3)34-11-6-8-21-24(20-7-4-5-9-22(20)28)31-26(32-25(21)34)33-12-10-27(17-33)15-30-16-27/h4-5,7,9,18-19,30H,6,8,10-17H2,1-3H3,(H,29,35)/t19-/m0/s1. The Hall–Kier alpha value is -2.74. The SMILES string of the molecule is CNC(=O)C[C@H](CC(C)C)N1CCCc2c(-c3ccccc3F)nc(N3CCC4(CNC4)C3)nc21. The van der Waals surface area contributed by atoms with Gasteiger partial charge >= 0.3 is 0 Å². The van der Waals surface area contributed by atoms with E-state index in [4.69, 9.17) is 9.97 Å². The number of carbonyl (C=O) groups excluding carboxylic acids is 1. The van der Waals surface area contributed by atoms with Gasteiger partial charge in [-0.15, -0.1) is 0 Å². The van der Waals surface area contributed by atoms with E-state index in [-0.39, 0.29) is 17.8 Å². The average molecular weight is 481 g/mol. The van der Waals surface area contributed by atoms with Crippen LogP contribution in [-0.2, 0) is 11.2 Å². The maximum absolute atomic E-state index is 15.0. The molecule has 1 spiro atoms. The van der Waals surface area contributed by atoms with Crippen molar-refractivity contribution in [2.24, 2.45) is 11.3 Å². The van der Waals surface area contributed by atoms with Gasteiger partial charge < -0.3 is 20.4 Å². The summed E-state index contributed by atoms with van der Waals surface area (Å²) in [6.07, 6.45) is 4.16. The van der Waals surface area contributed by atoms with Crippen molar-refractivity contribution < 1.29 is 9.18 Å². The van der Waals surface area contributed by atoms with Crippen LogP contribution in [0.25, 0.3) is 11.3 Å². The van der Waals surface area contributed by atoms with Gasteiger partial charge in [-0.1, -0.05) is 26.0 Å². The number of amides is 1. The minimum Gasteiger partial charge on any atom is -0.359 e. The van der Waals surface area contributed by atoms with E-state index in [2.05, 4.69) is 34.3 Å². The van der Waals surface area contributed by atoms with Crippen molar-refractivity contribution in [2.45, 2.75) is 52.0 Å². The minimum absolute atomic E-state index is 0.0327. The van der Waals surface area contributed by atoms with Crippen LogP contribution < -0.4 is 20.4 Å². The maximum atomic E-state index is 15.0. The molecule has 188 valence electrons. The molecule has 4 heterocycles. The smallest absolute Gasteiger partial charge is 0.227 e. The number of nitrogens with zero attached hydrogens (tertiary/aromatic N) is 4. The Balaban J connectivity index is 1.60. The van der Waals surface area contributed by atoms with Crippen molar-refractivity contribution in [3.8, 4) is 11.3 Å². The first-order valence-corrected chi connectivity index (χ1v) is 13.0. The highest BCUT2D eigenvalue weighted by Gasteiger charge is 2.44. The molecular formula is C27H37FN6O. The van der Waals surface area contributed by atoms with Gasteiger partial charge in [-0.05, 0) is 43.7 Å². The lowest BCUT2D eigenvalue weighted by Gasteiger charge is -2.40. The topological polar surface area (TPSA) is 73.4 Å². The molecule has 8 heteroatoms. The van der Waals surface area contributed by atoms with Gasteiger partial charge in [-0.3, -0.25) is 4.79 Å². The van der Waals surface area contributed by atoms with Crippen molar-refractivity contribution in [3.63, 3.8) is 0 Å². The normalized spacial score (nSPS) is 19.6. The van der Waals surface area contributed by atoms with Crippen LogP contribution >= 0.6 is 0 Å². The van der Waals surface area contributed by atoms with Crippen LogP contribution in [0.2, 0.25) is 0 Å². The third-order valence-electron chi connectivity index (χ3n) is 7.81. The van der Waals surface area contributed by atoms with E-state index in [1.807, 2.05) is 12.1 Å². The molecule has 0 saturated carbocycles. The molecule has 7 nitrogen and oxygen atoms in total. The number of carbonyl (C=O) groups is 1. The summed E-state index contributed by atoms with van der Waals surface area (Å²) in [5.74, 6) is 1.77. The summed E-state index contributed by atoms with van der Waals surface area (Å²) >= 11 is 0. The molecule has 5 rings (SSSR count). The highest BCUT2D eigenvalue weighted by atomic mass is 19.1. The van der Waals surface area contributed by atoms with Crippen molar-refractivity contribution in [1.29, 1.82) is 0 Å². The molecular weight excluding hydrogens is 443 g/mol. The number of fused-ring (bicyclic) bond motifs is 1. The van der Waals surface area contributed by atoms with Crippen molar-refractivity contribution >= 4 is 17.7 Å². The second kappa shape index (κ2) is 9.72. The molecule has 0 radical (unpaired) electrons. The lowest BCUT2D eigenvalue weighted by atomic mass is 9.81. The molecule has 2 aromatic rings. The largest absolute Gasteiger partial charge is 0.359 e. The van der Waals surface area contributed by atoms with Crippen LogP contribution in [0, 0.1) is 17.2 Å². The zero-order chi connectivity index (χ0) is 24.6.